The molecule has 0 radical (unpaired) electrons. The Hall–Kier alpha value is -2.37. The maximum atomic E-state index is 13.8. The number of rotatable bonds is 8. The highest BCUT2D eigenvalue weighted by molar-refractivity contribution is 5.71. The Morgan fingerprint density at radius 1 is 0.625 bits per heavy atom. The number of nitrogens with zero attached hydrogens (tertiary/aromatic N) is 1. The lowest BCUT2D eigenvalue weighted by Crippen LogP contribution is -2.64. The van der Waals surface area contributed by atoms with Crippen molar-refractivity contribution in [1.82, 2.24) is 4.90 Å². The molecule has 3 aliphatic heterocycles. The zero-order valence-electron chi connectivity index (χ0n) is 60.7. The quantitative estimate of drug-likeness (QED) is 0.101. The van der Waals surface area contributed by atoms with Crippen LogP contribution in [0.1, 0.15) is 218 Å². The molecule has 22 heteroatoms. The molecule has 0 aromatic carbocycles. The van der Waals surface area contributed by atoms with Crippen LogP contribution in [0.4, 0.5) is 0 Å². The molecule has 0 saturated carbocycles. The average Bonchev–Trinajstić information content (AvgIpc) is 0.771. The van der Waals surface area contributed by atoms with Crippen molar-refractivity contribution in [2.75, 3.05) is 14.1 Å². The van der Waals surface area contributed by atoms with Gasteiger partial charge in [0.15, 0.2) is 12.1 Å². The Morgan fingerprint density at radius 2 is 1.24 bits per heavy atom. The van der Waals surface area contributed by atoms with Crippen LogP contribution in [0.3, 0.4) is 0 Å². The Kier molecular flexibility index (Phi) is 39.9. The second-order valence-corrected chi connectivity index (χ2v) is 30.2. The first-order chi connectivity index (χ1) is 44.9. The van der Waals surface area contributed by atoms with Gasteiger partial charge in [0.25, 0.3) is 0 Å². The number of cyclic esters (lactones) is 1. The van der Waals surface area contributed by atoms with E-state index in [0.717, 1.165) is 19.3 Å². The molecule has 2 fully saturated rings. The number of allylic oxidation sites excluding steroid dienone is 2. The summed E-state index contributed by atoms with van der Waals surface area (Å²) in [4.78, 5) is 15.4. The highest BCUT2D eigenvalue weighted by Gasteiger charge is 2.53. The summed E-state index contributed by atoms with van der Waals surface area (Å²) in [6, 6.07) is -0.772. The molecule has 0 amide bonds. The molecular formula is C74H135NO21. The third-order valence-corrected chi connectivity index (χ3v) is 21.7. The second kappa shape index (κ2) is 43.6. The zero-order chi connectivity index (χ0) is 72.5. The summed E-state index contributed by atoms with van der Waals surface area (Å²) in [5.74, 6) is -5.76. The van der Waals surface area contributed by atoms with E-state index in [4.69, 9.17) is 18.9 Å². The van der Waals surface area contributed by atoms with Crippen LogP contribution in [-0.4, -0.2) is 241 Å². The number of likely N-dealkylation sites (N-methyl/N-ethyl adjacent to an activating group) is 1. The van der Waals surface area contributed by atoms with Crippen molar-refractivity contribution in [3.8, 4) is 0 Å². The minimum Gasteiger partial charge on any atom is -0.458 e. The summed E-state index contributed by atoms with van der Waals surface area (Å²) in [5, 5.41) is 180. The summed E-state index contributed by atoms with van der Waals surface area (Å²) in [5.41, 5.74) is 1.02. The minimum absolute atomic E-state index is 0.00510. The largest absolute Gasteiger partial charge is 0.458 e. The van der Waals surface area contributed by atoms with Gasteiger partial charge in [0.1, 0.15) is 12.2 Å². The van der Waals surface area contributed by atoms with Gasteiger partial charge in [0, 0.05) is 42.9 Å². The first-order valence-corrected chi connectivity index (χ1v) is 36.4. The van der Waals surface area contributed by atoms with E-state index >= 15 is 0 Å². The van der Waals surface area contributed by atoms with Crippen molar-refractivity contribution >= 4 is 5.97 Å². The Labute approximate surface area is 575 Å². The lowest BCUT2D eigenvalue weighted by Gasteiger charge is -2.50. The molecular weight excluding hydrogens is 1240 g/mol. The summed E-state index contributed by atoms with van der Waals surface area (Å²) in [7, 11) is 3.42. The van der Waals surface area contributed by atoms with Crippen LogP contribution < -0.4 is 0 Å². The van der Waals surface area contributed by atoms with Crippen LogP contribution in [-0.2, 0) is 23.7 Å². The van der Waals surface area contributed by atoms with Crippen molar-refractivity contribution < 1.29 is 105 Å². The second-order valence-electron chi connectivity index (χ2n) is 30.2. The predicted molar refractivity (Wildman–Crippen MR) is 368 cm³/mol. The van der Waals surface area contributed by atoms with E-state index in [9.17, 15) is 86.5 Å². The number of hydrogen-bond donors (Lipinski definition) is 16. The molecule has 96 heavy (non-hydrogen) atoms. The third kappa shape index (κ3) is 29.5. The number of hydrogen-bond acceptors (Lipinski definition) is 22. The van der Waals surface area contributed by atoms with Gasteiger partial charge < -0.3 is 106 Å². The van der Waals surface area contributed by atoms with E-state index < -0.39 is 170 Å². The summed E-state index contributed by atoms with van der Waals surface area (Å²) in [6.45, 7) is 21.8. The third-order valence-electron chi connectivity index (χ3n) is 21.7. The number of fused-ring (bicyclic) bond motifs is 2. The summed E-state index contributed by atoms with van der Waals surface area (Å²) in [6.07, 6.45) is -4.38. The molecule has 0 aliphatic carbocycles. The highest BCUT2D eigenvalue weighted by atomic mass is 16.7. The molecule has 0 aromatic rings. The van der Waals surface area contributed by atoms with Crippen molar-refractivity contribution in [2.45, 2.75) is 352 Å². The molecule has 22 nitrogen and oxygen atoms in total. The van der Waals surface area contributed by atoms with Crippen LogP contribution in [0, 0.1) is 47.3 Å². The van der Waals surface area contributed by atoms with Crippen molar-refractivity contribution in [2.24, 2.45) is 47.3 Å². The molecule has 3 aliphatic rings. The first-order valence-electron chi connectivity index (χ1n) is 36.4. The van der Waals surface area contributed by atoms with Gasteiger partial charge in [-0.15, -0.1) is 0 Å². The summed E-state index contributed by atoms with van der Waals surface area (Å²) < 4.78 is 24.6. The highest BCUT2D eigenvalue weighted by Crippen LogP contribution is 2.42. The van der Waals surface area contributed by atoms with Crippen LogP contribution in [0.2, 0.25) is 0 Å². The molecule has 0 aromatic heterocycles. The molecule has 3 rings (SSSR count). The Bertz CT molecular complexity index is 2280. The van der Waals surface area contributed by atoms with Gasteiger partial charge in [-0.3, -0.25) is 4.79 Å². The number of esters is 1. The van der Waals surface area contributed by atoms with Crippen LogP contribution in [0.5, 0.6) is 0 Å². The van der Waals surface area contributed by atoms with Gasteiger partial charge in [-0.25, -0.2) is 0 Å². The SMILES string of the molecule is CCC(C)CCCC1C=C(C)C(O)CC(O)CCCC(O)C(C)C(O)CC=CC=C(C)C(O)C(C)C2CC(OC3OC(C)C(O)C(N(C)C)C3O)C(C)C(O)(CC(=O)OC(C)C=CC(O)CC(O)CCCC(C)C(C)C(O)CCC(C)C(O)CC(O)CC(O)CCC(O)C1O)O2. The van der Waals surface area contributed by atoms with E-state index in [-0.39, 0.29) is 82.0 Å². The van der Waals surface area contributed by atoms with Crippen LogP contribution in [0.25, 0.3) is 0 Å². The monoisotopic (exact) mass is 1370 g/mol. The fourth-order valence-corrected chi connectivity index (χ4v) is 13.8. The van der Waals surface area contributed by atoms with E-state index in [2.05, 4.69) is 13.8 Å². The molecule has 2 saturated heterocycles. The van der Waals surface area contributed by atoms with Gasteiger partial charge in [-0.1, -0.05) is 118 Å². The van der Waals surface area contributed by atoms with Gasteiger partial charge in [-0.05, 0) is 160 Å². The number of ether oxygens (including phenoxy) is 4. The molecule has 30 atom stereocenters. The van der Waals surface area contributed by atoms with Crippen molar-refractivity contribution in [3.05, 3.63) is 47.6 Å². The van der Waals surface area contributed by atoms with Crippen LogP contribution in [0.15, 0.2) is 47.6 Å². The van der Waals surface area contributed by atoms with Crippen molar-refractivity contribution in [1.29, 1.82) is 0 Å². The topological polar surface area (TPSA) is 381 Å². The summed E-state index contributed by atoms with van der Waals surface area (Å²) >= 11 is 0. The van der Waals surface area contributed by atoms with Gasteiger partial charge in [-0.2, -0.15) is 0 Å². The standard InChI is InChI=1S/C74H135NO21/c1-15-42(2)21-18-24-53-35-46(6)64(86)38-55(77)26-20-28-60(82)49(9)59(81)27-17-16-22-45(5)69(88)50(10)65-40-66(95-73-72(91)68(75(13)14)70(89)52(12)94-73)51(11)74(92,96-65)41-67(87)93-47(7)30-31-56(78)36-54(76)25-19-23-43(3)48(8)61(83)33-29-44(4)63(85)39-58(80)37-57(79)32-34-62(84)71(53)90/h16-17,22,30-31,35,42-44,47-66,68-73,76-86,88-92H,15,18-21,23-29,32-34,36-41H2,1-14H3. The molecule has 30 unspecified atom stereocenters. The van der Waals surface area contributed by atoms with Crippen molar-refractivity contribution in [3.63, 3.8) is 0 Å². The first kappa shape index (κ1) is 87.8. The Morgan fingerprint density at radius 3 is 1.89 bits per heavy atom. The number of carbonyl (C=O) groups excluding carboxylic acids is 1. The van der Waals surface area contributed by atoms with Gasteiger partial charge in [0.05, 0.1) is 116 Å². The minimum atomic E-state index is -2.24. The number of carbonyl (C=O) groups is 1. The molecule has 3 heterocycles. The van der Waals surface area contributed by atoms with Crippen LogP contribution >= 0.6 is 0 Å². The fourth-order valence-electron chi connectivity index (χ4n) is 13.8. The van der Waals surface area contributed by atoms with E-state index in [0.29, 0.717) is 62.0 Å². The average molecular weight is 1370 g/mol. The van der Waals surface area contributed by atoms with Gasteiger partial charge in [0.2, 0.25) is 0 Å². The smallest absolute Gasteiger partial charge is 0.311 e. The van der Waals surface area contributed by atoms with E-state index in [1.54, 1.807) is 91.8 Å². The Balaban J connectivity index is 1.86. The molecule has 0 spiro atoms. The van der Waals surface area contributed by atoms with Gasteiger partial charge >= 0.3 is 5.97 Å². The van der Waals surface area contributed by atoms with E-state index in [1.165, 1.54) is 12.2 Å². The number of aliphatic hydroxyl groups is 16. The number of aliphatic hydroxyl groups excluding tert-OH is 15. The fraction of sp³-hybridized carbons (Fsp3) is 0.878. The molecule has 562 valence electrons. The normalized spacial score (nSPS) is 43.0. The maximum Gasteiger partial charge on any atom is 0.311 e. The lowest BCUT2D eigenvalue weighted by molar-refractivity contribution is -0.351. The molecule has 2 bridgehead atoms. The zero-order valence-corrected chi connectivity index (χ0v) is 60.7. The molecule has 16 N–H and O–H groups in total. The van der Waals surface area contributed by atoms with E-state index in [1.807, 2.05) is 20.8 Å². The maximum absolute atomic E-state index is 13.8. The predicted octanol–water partition coefficient (Wildman–Crippen LogP) is 5.78. The lowest BCUT2D eigenvalue weighted by atomic mass is 9.80.